The van der Waals surface area contributed by atoms with E-state index in [1.54, 1.807) is 0 Å². The number of carbonyl (C=O) groups excluding carboxylic acids is 4. The first-order valence-corrected chi connectivity index (χ1v) is 43.7. The molecule has 17 nitrogen and oxygen atoms in total. The fourth-order valence-corrected chi connectivity index (χ4v) is 13.6. The van der Waals surface area contributed by atoms with Crippen LogP contribution in [0.3, 0.4) is 0 Å². The van der Waals surface area contributed by atoms with Gasteiger partial charge in [0, 0.05) is 25.7 Å². The Morgan fingerprint density at radius 3 is 0.732 bits per heavy atom. The smallest absolute Gasteiger partial charge is 0.462 e. The molecule has 0 spiro atoms. The summed E-state index contributed by atoms with van der Waals surface area (Å²) < 4.78 is 68.5. The van der Waals surface area contributed by atoms with Gasteiger partial charge in [0.25, 0.3) is 0 Å². The van der Waals surface area contributed by atoms with E-state index in [-0.39, 0.29) is 25.7 Å². The molecule has 19 heteroatoms. The summed E-state index contributed by atoms with van der Waals surface area (Å²) in [5, 5.41) is 10.6. The molecule has 0 aromatic heterocycles. The average Bonchev–Trinajstić information content (AvgIpc) is 1.38. The molecule has 0 aliphatic rings. The van der Waals surface area contributed by atoms with E-state index in [0.717, 1.165) is 102 Å². The van der Waals surface area contributed by atoms with Crippen molar-refractivity contribution in [2.45, 2.75) is 432 Å². The van der Waals surface area contributed by atoms with Crippen molar-refractivity contribution < 1.29 is 80.2 Å². The minimum absolute atomic E-state index is 0.106. The summed E-state index contributed by atoms with van der Waals surface area (Å²) in [7, 11) is -9.91. The maximum Gasteiger partial charge on any atom is 0.472 e. The Kier molecular flexibility index (Phi) is 69.6. The van der Waals surface area contributed by atoms with E-state index in [0.29, 0.717) is 25.7 Å². The number of unbranched alkanes of at least 4 members (excludes halogenated alkanes) is 49. The van der Waals surface area contributed by atoms with Crippen molar-refractivity contribution in [3.05, 3.63) is 0 Å². The Labute approximate surface area is 594 Å². The second-order valence-electron chi connectivity index (χ2n) is 28.3. The van der Waals surface area contributed by atoms with Gasteiger partial charge in [-0.1, -0.05) is 362 Å². The Bertz CT molecular complexity index is 1860. The van der Waals surface area contributed by atoms with Gasteiger partial charge in [0.1, 0.15) is 19.3 Å². The topological polar surface area (TPSA) is 237 Å². The highest BCUT2D eigenvalue weighted by molar-refractivity contribution is 7.47. The number of phosphoric ester groups is 2. The van der Waals surface area contributed by atoms with Crippen molar-refractivity contribution in [3.8, 4) is 0 Å². The summed E-state index contributed by atoms with van der Waals surface area (Å²) in [6.45, 7) is 7.26. The second kappa shape index (κ2) is 71.1. The molecule has 3 N–H and O–H groups in total. The number of esters is 4. The lowest BCUT2D eigenvalue weighted by Gasteiger charge is -2.21. The molecule has 0 rings (SSSR count). The summed E-state index contributed by atoms with van der Waals surface area (Å²) in [6.07, 6.45) is 61.2. The van der Waals surface area contributed by atoms with Crippen molar-refractivity contribution >= 4 is 39.5 Å². The molecule has 0 bridgehead atoms. The molecular weight excluding hydrogens is 1270 g/mol. The highest BCUT2D eigenvalue weighted by Crippen LogP contribution is 2.45. The predicted octanol–water partition coefficient (Wildman–Crippen LogP) is 23.3. The number of phosphoric acid groups is 2. The Hall–Kier alpha value is -1.94. The maximum absolute atomic E-state index is 13.1. The van der Waals surface area contributed by atoms with Gasteiger partial charge in [0.2, 0.25) is 0 Å². The van der Waals surface area contributed by atoms with E-state index >= 15 is 0 Å². The number of ether oxygens (including phenoxy) is 4. The highest BCUT2D eigenvalue weighted by Gasteiger charge is 2.30. The molecule has 0 saturated carbocycles. The van der Waals surface area contributed by atoms with Crippen LogP contribution in [-0.4, -0.2) is 96.7 Å². The normalized spacial score (nSPS) is 14.2. The average molecular weight is 1420 g/mol. The van der Waals surface area contributed by atoms with Gasteiger partial charge in [-0.2, -0.15) is 0 Å². The molecular formula is C78H152O17P2. The molecule has 0 aliphatic carbocycles. The van der Waals surface area contributed by atoms with Gasteiger partial charge < -0.3 is 33.8 Å². The first-order valence-electron chi connectivity index (χ1n) is 40.7. The number of carbonyl (C=O) groups is 4. The van der Waals surface area contributed by atoms with Crippen LogP contribution >= 0.6 is 15.6 Å². The zero-order chi connectivity index (χ0) is 71.2. The van der Waals surface area contributed by atoms with Crippen molar-refractivity contribution in [1.82, 2.24) is 0 Å². The second-order valence-corrected chi connectivity index (χ2v) is 31.3. The van der Waals surface area contributed by atoms with Crippen LogP contribution in [0.4, 0.5) is 0 Å². The van der Waals surface area contributed by atoms with Crippen LogP contribution in [0.1, 0.15) is 413 Å². The van der Waals surface area contributed by atoms with E-state index in [9.17, 15) is 43.2 Å². The van der Waals surface area contributed by atoms with E-state index in [4.69, 9.17) is 37.0 Å². The van der Waals surface area contributed by atoms with Crippen LogP contribution < -0.4 is 0 Å². The van der Waals surface area contributed by atoms with E-state index in [1.807, 2.05) is 0 Å². The molecule has 576 valence electrons. The third-order valence-electron chi connectivity index (χ3n) is 18.6. The molecule has 6 atom stereocenters. The first kappa shape index (κ1) is 95.1. The molecule has 0 radical (unpaired) electrons. The fourth-order valence-electron chi connectivity index (χ4n) is 12.0. The van der Waals surface area contributed by atoms with E-state index in [1.165, 1.54) is 231 Å². The van der Waals surface area contributed by atoms with Crippen LogP contribution in [0.15, 0.2) is 0 Å². The number of aliphatic hydroxyl groups excluding tert-OH is 1. The van der Waals surface area contributed by atoms with Gasteiger partial charge in [-0.3, -0.25) is 37.3 Å². The Morgan fingerprint density at radius 1 is 0.289 bits per heavy atom. The van der Waals surface area contributed by atoms with Crippen LogP contribution in [0.5, 0.6) is 0 Å². The quantitative estimate of drug-likeness (QED) is 0.0222. The third kappa shape index (κ3) is 70.9. The number of rotatable bonds is 78. The van der Waals surface area contributed by atoms with Gasteiger partial charge in [-0.05, 0) is 31.6 Å². The summed E-state index contributed by atoms with van der Waals surface area (Å²) in [4.78, 5) is 72.8. The number of hydrogen-bond donors (Lipinski definition) is 3. The zero-order valence-corrected chi connectivity index (χ0v) is 65.0. The lowest BCUT2D eigenvalue weighted by molar-refractivity contribution is -0.161. The number of hydrogen-bond acceptors (Lipinski definition) is 15. The maximum atomic E-state index is 13.1. The van der Waals surface area contributed by atoms with Gasteiger partial charge in [-0.15, -0.1) is 0 Å². The summed E-state index contributed by atoms with van der Waals surface area (Å²) in [6, 6.07) is 0. The van der Waals surface area contributed by atoms with Crippen LogP contribution in [-0.2, 0) is 65.4 Å². The Morgan fingerprint density at radius 2 is 0.495 bits per heavy atom. The van der Waals surface area contributed by atoms with Crippen LogP contribution in [0.25, 0.3) is 0 Å². The SMILES string of the molecule is CCCCCCCCCCCCCCCCCCCCCCCCC(=O)O[C@H](COC(=O)CCCCCCCCCCCCCCCC)COP(=O)(O)OC[C@@H](O)COP(=O)(O)OC[C@@H](COC(=O)CCCCCCCCC(C)CC)OC(=O)CCCCCCCCCCCCC. The van der Waals surface area contributed by atoms with Gasteiger partial charge in [0.05, 0.1) is 26.4 Å². The van der Waals surface area contributed by atoms with Crippen molar-refractivity contribution in [1.29, 1.82) is 0 Å². The minimum Gasteiger partial charge on any atom is -0.462 e. The standard InChI is InChI=1S/C78H152O17P2/c1-6-10-13-16-19-22-25-27-29-30-31-32-33-34-35-36-38-41-44-47-54-59-64-78(83)94-73(67-88-75(80)61-56-51-45-42-40-37-28-26-23-20-17-14-11-7-2)69-92-96(84,85)90-65-72(79)66-91-97(86,87)93-70-74(68-89-76(81)62-57-52-49-48-50-55-60-71(5)9-4)95-77(82)63-58-53-46-43-39-24-21-18-15-12-8-3/h71-74,79H,6-70H2,1-5H3,(H,84,85)(H,86,87)/t71?,72-,73-,74-/m1/s1. The summed E-state index contributed by atoms with van der Waals surface area (Å²) in [5.74, 6) is -1.38. The third-order valence-corrected chi connectivity index (χ3v) is 20.5. The fraction of sp³-hybridized carbons (Fsp3) is 0.949. The van der Waals surface area contributed by atoms with E-state index < -0.39 is 97.5 Å². The predicted molar refractivity (Wildman–Crippen MR) is 395 cm³/mol. The monoisotopic (exact) mass is 1420 g/mol. The molecule has 3 unspecified atom stereocenters. The minimum atomic E-state index is -4.96. The summed E-state index contributed by atoms with van der Waals surface area (Å²) in [5.41, 5.74) is 0. The Balaban J connectivity index is 5.18. The van der Waals surface area contributed by atoms with Crippen LogP contribution in [0, 0.1) is 5.92 Å². The summed E-state index contributed by atoms with van der Waals surface area (Å²) >= 11 is 0. The highest BCUT2D eigenvalue weighted by atomic mass is 31.2. The van der Waals surface area contributed by atoms with Gasteiger partial charge in [0.15, 0.2) is 12.2 Å². The molecule has 0 aromatic rings. The zero-order valence-electron chi connectivity index (χ0n) is 63.2. The molecule has 0 heterocycles. The van der Waals surface area contributed by atoms with Gasteiger partial charge in [-0.25, -0.2) is 9.13 Å². The van der Waals surface area contributed by atoms with Crippen molar-refractivity contribution in [2.75, 3.05) is 39.6 Å². The first-order chi connectivity index (χ1) is 47.1. The largest absolute Gasteiger partial charge is 0.472 e. The van der Waals surface area contributed by atoms with Crippen molar-refractivity contribution in [2.24, 2.45) is 5.92 Å². The lowest BCUT2D eigenvalue weighted by Crippen LogP contribution is -2.30. The molecule has 0 amide bonds. The number of aliphatic hydroxyl groups is 1. The molecule has 0 fully saturated rings. The van der Waals surface area contributed by atoms with Gasteiger partial charge >= 0.3 is 39.5 Å². The molecule has 0 saturated heterocycles. The lowest BCUT2D eigenvalue weighted by atomic mass is 10.00. The van der Waals surface area contributed by atoms with Crippen LogP contribution in [0.2, 0.25) is 0 Å². The van der Waals surface area contributed by atoms with Crippen molar-refractivity contribution in [3.63, 3.8) is 0 Å². The molecule has 0 aliphatic heterocycles. The molecule has 97 heavy (non-hydrogen) atoms. The van der Waals surface area contributed by atoms with E-state index in [2.05, 4.69) is 34.6 Å². The molecule has 0 aromatic carbocycles.